The molecule has 0 amide bonds. The molecule has 6 nitrogen and oxygen atoms in total. The van der Waals surface area contributed by atoms with Crippen LogP contribution < -0.4 is 0 Å². The highest BCUT2D eigenvalue weighted by atomic mass is 79.9. The summed E-state index contributed by atoms with van der Waals surface area (Å²) in [6.45, 7) is 1.85. The molecule has 0 spiro atoms. The fourth-order valence-electron chi connectivity index (χ4n) is 2.02. The molecule has 3 aromatic rings. The second-order valence-electron chi connectivity index (χ2n) is 4.68. The highest BCUT2D eigenvalue weighted by Crippen LogP contribution is 2.26. The minimum atomic E-state index is -0.550. The van der Waals surface area contributed by atoms with Crippen LogP contribution >= 0.6 is 15.9 Å². The number of ketones is 1. The number of aryl methyl sites for hydroxylation is 2. The van der Waals surface area contributed by atoms with Crippen molar-refractivity contribution in [3.05, 3.63) is 47.4 Å². The van der Waals surface area contributed by atoms with Crippen LogP contribution in [0.1, 0.15) is 26.7 Å². The van der Waals surface area contributed by atoms with E-state index in [0.717, 1.165) is 5.69 Å². The van der Waals surface area contributed by atoms with Crippen molar-refractivity contribution in [3.63, 3.8) is 0 Å². The lowest BCUT2D eigenvalue weighted by molar-refractivity contribution is 0.0985. The van der Waals surface area contributed by atoms with E-state index in [-0.39, 0.29) is 5.78 Å². The molecular formula is C14H12BrN5O. The standard InChI is InChI=1S/C14H12BrN5O/c1-8-4-3-5-10(16-8)13(21)12(15)9-6-7-11-14(17-9)20(2)19-18-11/h3-7,12H,1-2H3. The third-order valence-corrected chi connectivity index (χ3v) is 3.98. The van der Waals surface area contributed by atoms with Gasteiger partial charge in [0.1, 0.15) is 16.0 Å². The maximum Gasteiger partial charge on any atom is 0.200 e. The molecule has 0 N–H and O–H groups in total. The van der Waals surface area contributed by atoms with E-state index < -0.39 is 4.83 Å². The number of Topliss-reactive ketones (excluding diaryl/α,β-unsaturated/α-hetero) is 1. The van der Waals surface area contributed by atoms with Crippen LogP contribution in [-0.4, -0.2) is 30.7 Å². The smallest absolute Gasteiger partial charge is 0.200 e. The summed E-state index contributed by atoms with van der Waals surface area (Å²) in [4.78, 5) is 20.6. The predicted molar refractivity (Wildman–Crippen MR) is 81.3 cm³/mol. The lowest BCUT2D eigenvalue weighted by Gasteiger charge is -2.08. The minimum absolute atomic E-state index is 0.124. The van der Waals surface area contributed by atoms with Crippen molar-refractivity contribution in [2.24, 2.45) is 7.05 Å². The first-order chi connectivity index (χ1) is 10.1. The van der Waals surface area contributed by atoms with Crippen LogP contribution in [-0.2, 0) is 7.05 Å². The topological polar surface area (TPSA) is 73.6 Å². The molecule has 106 valence electrons. The summed E-state index contributed by atoms with van der Waals surface area (Å²) in [5.41, 5.74) is 3.17. The van der Waals surface area contributed by atoms with Crippen LogP contribution in [0, 0.1) is 6.92 Å². The van der Waals surface area contributed by atoms with Gasteiger partial charge in [-0.1, -0.05) is 27.2 Å². The van der Waals surface area contributed by atoms with Crippen molar-refractivity contribution in [1.82, 2.24) is 25.0 Å². The summed E-state index contributed by atoms with van der Waals surface area (Å²) in [6, 6.07) is 8.94. The molecule has 0 saturated heterocycles. The number of aromatic nitrogens is 5. The Kier molecular flexibility index (Phi) is 3.50. The average molecular weight is 346 g/mol. The molecule has 0 radical (unpaired) electrons. The molecule has 0 aliphatic rings. The molecule has 21 heavy (non-hydrogen) atoms. The maximum absolute atomic E-state index is 12.5. The monoisotopic (exact) mass is 345 g/mol. The van der Waals surface area contributed by atoms with Crippen molar-refractivity contribution < 1.29 is 4.79 Å². The Hall–Kier alpha value is -2.15. The summed E-state index contributed by atoms with van der Waals surface area (Å²) < 4.78 is 1.58. The molecule has 3 aromatic heterocycles. The molecule has 0 aromatic carbocycles. The normalized spacial score (nSPS) is 12.5. The summed E-state index contributed by atoms with van der Waals surface area (Å²) >= 11 is 3.41. The first-order valence-electron chi connectivity index (χ1n) is 6.34. The Labute approximate surface area is 129 Å². The fourth-order valence-corrected chi connectivity index (χ4v) is 2.50. The van der Waals surface area contributed by atoms with E-state index in [1.54, 1.807) is 29.9 Å². The summed E-state index contributed by atoms with van der Waals surface area (Å²) in [6.07, 6.45) is 0. The third-order valence-electron chi connectivity index (χ3n) is 3.10. The van der Waals surface area contributed by atoms with Gasteiger partial charge < -0.3 is 0 Å². The molecule has 0 fully saturated rings. The van der Waals surface area contributed by atoms with Crippen molar-refractivity contribution in [1.29, 1.82) is 0 Å². The first kappa shape index (κ1) is 13.8. The highest BCUT2D eigenvalue weighted by Gasteiger charge is 2.22. The fraction of sp³-hybridized carbons (Fsp3) is 0.214. The number of hydrogen-bond acceptors (Lipinski definition) is 5. The second kappa shape index (κ2) is 5.33. The van der Waals surface area contributed by atoms with Crippen LogP contribution in [0.5, 0.6) is 0 Å². The average Bonchev–Trinajstić information content (AvgIpc) is 2.87. The number of nitrogens with zero attached hydrogens (tertiary/aromatic N) is 5. The minimum Gasteiger partial charge on any atom is -0.291 e. The van der Waals surface area contributed by atoms with E-state index in [4.69, 9.17) is 0 Å². The van der Waals surface area contributed by atoms with Crippen molar-refractivity contribution in [3.8, 4) is 0 Å². The van der Waals surface area contributed by atoms with Gasteiger partial charge in [0.2, 0.25) is 5.78 Å². The zero-order valence-corrected chi connectivity index (χ0v) is 13.1. The Morgan fingerprint density at radius 3 is 2.81 bits per heavy atom. The third kappa shape index (κ3) is 2.56. The zero-order chi connectivity index (χ0) is 15.0. The molecule has 1 unspecified atom stereocenters. The van der Waals surface area contributed by atoms with Crippen molar-refractivity contribution in [2.75, 3.05) is 0 Å². The van der Waals surface area contributed by atoms with E-state index in [1.165, 1.54) is 0 Å². The Balaban J connectivity index is 1.97. The second-order valence-corrected chi connectivity index (χ2v) is 5.60. The Bertz CT molecular complexity index is 829. The van der Waals surface area contributed by atoms with E-state index in [2.05, 4.69) is 36.2 Å². The van der Waals surface area contributed by atoms with Gasteiger partial charge >= 0.3 is 0 Å². The van der Waals surface area contributed by atoms with Crippen LogP contribution in [0.2, 0.25) is 0 Å². The van der Waals surface area contributed by atoms with Crippen LogP contribution in [0.15, 0.2) is 30.3 Å². The van der Waals surface area contributed by atoms with Crippen LogP contribution in [0.3, 0.4) is 0 Å². The van der Waals surface area contributed by atoms with Gasteiger partial charge in [-0.2, -0.15) is 0 Å². The van der Waals surface area contributed by atoms with Gasteiger partial charge in [0.05, 0.1) is 5.69 Å². The molecule has 0 saturated carbocycles. The molecule has 1 atom stereocenters. The van der Waals surface area contributed by atoms with Crippen molar-refractivity contribution >= 4 is 32.9 Å². The molecule has 0 bridgehead atoms. The lowest BCUT2D eigenvalue weighted by Crippen LogP contribution is -2.11. The molecule has 3 rings (SSSR count). The number of halogens is 1. The number of alkyl halides is 1. The summed E-state index contributed by atoms with van der Waals surface area (Å²) in [5, 5.41) is 7.87. The lowest BCUT2D eigenvalue weighted by atomic mass is 10.1. The van der Waals surface area contributed by atoms with E-state index >= 15 is 0 Å². The predicted octanol–water partition coefficient (Wildman–Crippen LogP) is 2.39. The number of pyridine rings is 2. The van der Waals surface area contributed by atoms with Gasteiger partial charge in [0.15, 0.2) is 5.65 Å². The first-order valence-corrected chi connectivity index (χ1v) is 7.26. The molecule has 7 heteroatoms. The largest absolute Gasteiger partial charge is 0.291 e. The SMILES string of the molecule is Cc1cccc(C(=O)C(Br)c2ccc3nnn(C)c3n2)n1. The van der Waals surface area contributed by atoms with Crippen LogP contribution in [0.25, 0.3) is 11.2 Å². The van der Waals surface area contributed by atoms with Crippen molar-refractivity contribution in [2.45, 2.75) is 11.8 Å². The number of carbonyl (C=O) groups excluding carboxylic acids is 1. The van der Waals surface area contributed by atoms with Gasteiger partial charge in [0, 0.05) is 12.7 Å². The number of carbonyl (C=O) groups is 1. The van der Waals surface area contributed by atoms with Gasteiger partial charge in [-0.15, -0.1) is 5.10 Å². The van der Waals surface area contributed by atoms with E-state index in [1.807, 2.05) is 19.1 Å². The number of rotatable bonds is 3. The molecular weight excluding hydrogens is 334 g/mol. The Morgan fingerprint density at radius 2 is 2.05 bits per heavy atom. The Morgan fingerprint density at radius 1 is 1.24 bits per heavy atom. The molecule has 0 aliphatic heterocycles. The molecule has 0 aliphatic carbocycles. The molecule has 3 heterocycles. The van der Waals surface area contributed by atoms with Gasteiger partial charge in [0.25, 0.3) is 0 Å². The van der Waals surface area contributed by atoms with Gasteiger partial charge in [-0.05, 0) is 31.2 Å². The van der Waals surface area contributed by atoms with Gasteiger partial charge in [-0.3, -0.25) is 4.79 Å². The quantitative estimate of drug-likeness (QED) is 0.538. The van der Waals surface area contributed by atoms with Gasteiger partial charge in [-0.25, -0.2) is 14.6 Å². The number of fused-ring (bicyclic) bond motifs is 1. The van der Waals surface area contributed by atoms with E-state index in [0.29, 0.717) is 22.6 Å². The number of hydrogen-bond donors (Lipinski definition) is 0. The maximum atomic E-state index is 12.5. The van der Waals surface area contributed by atoms with Crippen LogP contribution in [0.4, 0.5) is 0 Å². The zero-order valence-electron chi connectivity index (χ0n) is 11.5. The summed E-state index contributed by atoms with van der Waals surface area (Å²) in [7, 11) is 1.76. The summed E-state index contributed by atoms with van der Waals surface area (Å²) in [5.74, 6) is -0.124. The van der Waals surface area contributed by atoms with E-state index in [9.17, 15) is 4.79 Å². The highest BCUT2D eigenvalue weighted by molar-refractivity contribution is 9.09.